The van der Waals surface area contributed by atoms with Crippen molar-refractivity contribution in [3.8, 4) is 0 Å². The van der Waals surface area contributed by atoms with Gasteiger partial charge in [0.1, 0.15) is 0 Å². The third-order valence-electron chi connectivity index (χ3n) is 9.13. The second-order valence-electron chi connectivity index (χ2n) is 13.1. The van der Waals surface area contributed by atoms with Gasteiger partial charge >= 0.3 is 19.5 Å². The maximum absolute atomic E-state index is 8.67. The Labute approximate surface area is 392 Å². The molecule has 0 N–H and O–H groups in total. The molecular weight excluding hydrogens is 997 g/mol. The van der Waals surface area contributed by atoms with Crippen molar-refractivity contribution in [2.75, 3.05) is 0 Å². The molecule has 0 amide bonds. The molecule has 0 aliphatic heterocycles. The first-order valence-electron chi connectivity index (χ1n) is 19.6. The van der Waals surface area contributed by atoms with Crippen LogP contribution in [-0.4, -0.2) is 4.29 Å². The summed E-state index contributed by atoms with van der Waals surface area (Å²) in [5, 5.41) is 12.6. The Morgan fingerprint density at radius 3 is 0.393 bits per heavy atom. The van der Waals surface area contributed by atoms with Crippen LogP contribution in [0.4, 0.5) is 0 Å². The van der Waals surface area contributed by atoms with Gasteiger partial charge < -0.3 is 4.79 Å². The molecule has 61 heavy (non-hydrogen) atoms. The molecule has 0 aliphatic rings. The third kappa shape index (κ3) is 14.7. The van der Waals surface area contributed by atoms with Crippen LogP contribution in [0.5, 0.6) is 0 Å². The molecule has 9 aromatic carbocycles. The number of hydrogen-bond acceptors (Lipinski definition) is 1. The van der Waals surface area contributed by atoms with Crippen molar-refractivity contribution in [1.29, 1.82) is 0 Å². The molecule has 302 valence electrons. The van der Waals surface area contributed by atoms with Gasteiger partial charge in [0.25, 0.3) is 0 Å². The molecule has 0 atom stereocenters. The van der Waals surface area contributed by atoms with Gasteiger partial charge in [0.15, 0.2) is 0 Å². The van der Waals surface area contributed by atoms with Gasteiger partial charge in [-0.05, 0) is 71.5 Å². The first kappa shape index (κ1) is 47.3. The van der Waals surface area contributed by atoms with Crippen LogP contribution in [0.1, 0.15) is 0 Å². The van der Waals surface area contributed by atoms with Crippen LogP contribution < -0.4 is 47.7 Å². The van der Waals surface area contributed by atoms with E-state index in [0.29, 0.717) is 0 Å². The Morgan fingerprint density at radius 2 is 0.311 bits per heavy atom. The molecular formula is C55H46IOP3Ru. The molecule has 1 radical (unpaired) electrons. The molecule has 1 nitrogen and oxygen atoms in total. The van der Waals surface area contributed by atoms with E-state index in [1.165, 1.54) is 74.6 Å². The van der Waals surface area contributed by atoms with E-state index in [0.717, 1.165) is 0 Å². The molecule has 0 bridgehead atoms. The summed E-state index contributed by atoms with van der Waals surface area (Å²) in [5.41, 5.74) is 0. The van der Waals surface area contributed by atoms with Gasteiger partial charge in [-0.2, -0.15) is 4.29 Å². The van der Waals surface area contributed by atoms with Crippen LogP contribution in [0.15, 0.2) is 273 Å². The van der Waals surface area contributed by atoms with Gasteiger partial charge in [0.2, 0.25) is 0 Å². The summed E-state index contributed by atoms with van der Waals surface area (Å²) in [6, 6.07) is 97.0. The van der Waals surface area contributed by atoms with Crippen molar-refractivity contribution in [1.82, 2.24) is 0 Å². The number of benzene rings is 9. The molecule has 0 heterocycles. The van der Waals surface area contributed by atoms with Crippen molar-refractivity contribution in [3.63, 3.8) is 0 Å². The van der Waals surface area contributed by atoms with E-state index in [1.807, 2.05) is 0 Å². The number of carbonyl (C=O) groups excluding carboxylic acids is 1. The number of hydrogen-bond donors (Lipinski definition) is 0. The van der Waals surface area contributed by atoms with Crippen LogP contribution in [-0.2, 0) is 24.3 Å². The van der Waals surface area contributed by atoms with Crippen molar-refractivity contribution in [3.05, 3.63) is 273 Å². The normalized spacial score (nSPS) is 10.1. The molecule has 0 aromatic heterocycles. The monoisotopic (exact) mass is 1040 g/mol. The maximum atomic E-state index is 8.67. The van der Waals surface area contributed by atoms with Crippen LogP contribution in [0.2, 0.25) is 0 Å². The van der Waals surface area contributed by atoms with Gasteiger partial charge in [-0.3, -0.25) is 22.6 Å². The van der Waals surface area contributed by atoms with Crippen molar-refractivity contribution < 1.29 is 24.3 Å². The summed E-state index contributed by atoms with van der Waals surface area (Å²) in [5.74, 6) is 0. The average Bonchev–Trinajstić information content (AvgIpc) is 3.33. The summed E-state index contributed by atoms with van der Waals surface area (Å²) in [7, 11) is -1.34. The van der Waals surface area contributed by atoms with Gasteiger partial charge in [0, 0.05) is 0 Å². The van der Waals surface area contributed by atoms with Crippen LogP contribution >= 0.6 is 46.4 Å². The minimum atomic E-state index is -0.446. The molecule has 0 aliphatic carbocycles. The standard InChI is InChI=1S/3C18H15P.CIO.Ru.H/c3*1-4-10-16(11-5-1)19(17-12-6-2-7-13-17)18-14-8-3-9-15-18;2-1-3;;/h3*1-15H;;;/q;;;-1;+1;. The number of halogens is 1. The first-order chi connectivity index (χ1) is 29.8. The van der Waals surface area contributed by atoms with Crippen molar-refractivity contribution in [2.24, 2.45) is 0 Å². The third-order valence-corrected chi connectivity index (χ3v) is 16.5. The van der Waals surface area contributed by atoms with Gasteiger partial charge in [-0.15, -0.1) is 0 Å². The van der Waals surface area contributed by atoms with E-state index in [9.17, 15) is 0 Å². The Hall–Kier alpha value is -4.71. The fraction of sp³-hybridized carbons (Fsp3) is 0. The largest absolute Gasteiger partial charge is 0.0622 e. The van der Waals surface area contributed by atoms with Crippen molar-refractivity contribution in [2.45, 2.75) is 0 Å². The van der Waals surface area contributed by atoms with Gasteiger partial charge in [0.05, 0.1) is 0 Å². The molecule has 0 fully saturated rings. The fourth-order valence-electron chi connectivity index (χ4n) is 6.54. The Morgan fingerprint density at radius 1 is 0.230 bits per heavy atom. The molecule has 0 saturated carbocycles. The van der Waals surface area contributed by atoms with Crippen molar-refractivity contribution >= 4 is 98.4 Å². The second-order valence-corrected chi connectivity index (χ2v) is 20.2. The van der Waals surface area contributed by atoms with Crippen LogP contribution in [0.3, 0.4) is 0 Å². The number of rotatable bonds is 9. The van der Waals surface area contributed by atoms with E-state index in [-0.39, 0.29) is 19.5 Å². The minimum Gasteiger partial charge on any atom is -0.0622 e. The zero-order chi connectivity index (χ0) is 41.5. The zero-order valence-corrected chi connectivity index (χ0v) is 40.2. The van der Waals surface area contributed by atoms with E-state index in [4.69, 9.17) is 4.79 Å². The van der Waals surface area contributed by atoms with E-state index >= 15 is 0 Å². The summed E-state index contributed by atoms with van der Waals surface area (Å²) in [4.78, 5) is 8.67. The predicted molar refractivity (Wildman–Crippen MR) is 277 cm³/mol. The maximum Gasteiger partial charge on any atom is -0.0134 e. The second kappa shape index (κ2) is 27.3. The van der Waals surface area contributed by atoms with Gasteiger partial charge in [-0.25, -0.2) is 0 Å². The quantitative estimate of drug-likeness (QED) is 0.0463. The summed E-state index contributed by atoms with van der Waals surface area (Å²) in [6.45, 7) is 0. The topological polar surface area (TPSA) is 17.1 Å². The summed E-state index contributed by atoms with van der Waals surface area (Å²) < 4.78 is 1.47. The predicted octanol–water partition coefficient (Wildman–Crippen LogP) is 10.6. The SMILES string of the molecule is O=[C-]I.[RuH+].c1ccc(P(c2ccccc2)c2ccccc2)cc1.c1ccc(P(c2ccccc2)c2ccccc2)cc1.c1ccc(P(c2ccccc2)c2ccccc2)cc1. The summed E-state index contributed by atoms with van der Waals surface area (Å²) >= 11 is 1.48. The minimum absolute atomic E-state index is 0. The molecule has 0 unspecified atom stereocenters. The smallest absolute Gasteiger partial charge is 0.0134 e. The average molecular weight is 1040 g/mol. The molecule has 6 heteroatoms. The Balaban J connectivity index is 0.000000166. The van der Waals surface area contributed by atoms with Crippen LogP contribution in [0.25, 0.3) is 0 Å². The molecule has 0 spiro atoms. The fourth-order valence-corrected chi connectivity index (χ4v) is 13.5. The molecule has 9 aromatic rings. The van der Waals surface area contributed by atoms with E-state index < -0.39 is 23.8 Å². The van der Waals surface area contributed by atoms with E-state index in [2.05, 4.69) is 273 Å². The molecule has 9 rings (SSSR count). The Bertz CT molecular complexity index is 1930. The first-order valence-corrected chi connectivity index (χ1v) is 24.7. The van der Waals surface area contributed by atoms with E-state index in [1.54, 1.807) is 0 Å². The van der Waals surface area contributed by atoms with Gasteiger partial charge in [-0.1, -0.05) is 273 Å². The Kier molecular flexibility index (Phi) is 21.2. The zero-order valence-electron chi connectivity index (χ0n) is 33.5. The molecule has 0 saturated heterocycles. The van der Waals surface area contributed by atoms with Crippen LogP contribution in [0, 0.1) is 0 Å². The summed E-state index contributed by atoms with van der Waals surface area (Å²) in [6.07, 6.45) is 0.